The molecule has 1 atom stereocenters. The second-order valence-corrected chi connectivity index (χ2v) is 12.1. The maximum Gasteiger partial charge on any atom is 0.244 e. The summed E-state index contributed by atoms with van der Waals surface area (Å²) in [7, 11) is -3.60. The van der Waals surface area contributed by atoms with Crippen molar-refractivity contribution in [2.75, 3.05) is 31.6 Å². The molecule has 36 heavy (non-hydrogen) atoms. The Bertz CT molecular complexity index is 1220. The lowest BCUT2D eigenvalue weighted by Crippen LogP contribution is -2.40. The number of hydrogen-bond acceptors (Lipinski definition) is 7. The van der Waals surface area contributed by atoms with Gasteiger partial charge in [0.25, 0.3) is 0 Å². The van der Waals surface area contributed by atoms with Gasteiger partial charge in [0, 0.05) is 49.1 Å². The number of aromatic nitrogens is 2. The maximum atomic E-state index is 13.1. The normalized spacial score (nSPS) is 23.7. The van der Waals surface area contributed by atoms with Gasteiger partial charge in [0.2, 0.25) is 10.0 Å². The SMILES string of the molecule is CCC(C)C1=Cc2c(ncc(-c3ccc(S(=O)(=O)N4CCOCC4)cn3)c2NC2CCC(O)CC2)C1. The molecule has 0 aromatic carbocycles. The topological polar surface area (TPSA) is 105 Å². The fourth-order valence-corrected chi connectivity index (χ4v) is 6.63. The molecule has 1 saturated carbocycles. The first-order valence-electron chi connectivity index (χ1n) is 13.1. The van der Waals surface area contributed by atoms with Gasteiger partial charge in [-0.2, -0.15) is 4.31 Å². The number of anilines is 1. The number of allylic oxidation sites excluding steroid dienone is 1. The van der Waals surface area contributed by atoms with Gasteiger partial charge in [-0.1, -0.05) is 25.5 Å². The van der Waals surface area contributed by atoms with Crippen molar-refractivity contribution in [3.8, 4) is 11.3 Å². The number of rotatable bonds is 7. The minimum Gasteiger partial charge on any atom is -0.393 e. The third kappa shape index (κ3) is 5.07. The minimum absolute atomic E-state index is 0.192. The van der Waals surface area contributed by atoms with Crippen molar-refractivity contribution >= 4 is 21.8 Å². The molecule has 5 rings (SSSR count). The third-order valence-electron chi connectivity index (χ3n) is 7.81. The lowest BCUT2D eigenvalue weighted by Gasteiger charge is -2.29. The van der Waals surface area contributed by atoms with E-state index in [1.54, 1.807) is 12.1 Å². The number of pyridine rings is 2. The lowest BCUT2D eigenvalue weighted by atomic mass is 9.92. The quantitative estimate of drug-likeness (QED) is 0.580. The van der Waals surface area contributed by atoms with E-state index in [9.17, 15) is 13.5 Å². The molecule has 0 amide bonds. The zero-order valence-electron chi connectivity index (χ0n) is 21.1. The number of sulfonamides is 1. The van der Waals surface area contributed by atoms with E-state index in [1.807, 2.05) is 6.20 Å². The summed E-state index contributed by atoms with van der Waals surface area (Å²) in [5.41, 5.74) is 6.14. The van der Waals surface area contributed by atoms with E-state index in [0.717, 1.165) is 61.0 Å². The fraction of sp³-hybridized carbons (Fsp3) is 0.556. The number of aliphatic hydroxyl groups is 1. The first kappa shape index (κ1) is 25.3. The van der Waals surface area contributed by atoms with Crippen LogP contribution < -0.4 is 5.32 Å². The minimum atomic E-state index is -3.60. The van der Waals surface area contributed by atoms with Crippen LogP contribution in [0.25, 0.3) is 17.3 Å². The largest absolute Gasteiger partial charge is 0.393 e. The molecule has 2 aliphatic carbocycles. The second-order valence-electron chi connectivity index (χ2n) is 10.2. The Morgan fingerprint density at radius 1 is 1.14 bits per heavy atom. The summed E-state index contributed by atoms with van der Waals surface area (Å²) in [5.74, 6) is 0.489. The highest BCUT2D eigenvalue weighted by Gasteiger charge is 2.29. The van der Waals surface area contributed by atoms with Gasteiger partial charge in [-0.25, -0.2) is 8.42 Å². The number of aliphatic hydroxyl groups excluding tert-OH is 1. The zero-order valence-corrected chi connectivity index (χ0v) is 21.9. The molecular formula is C27H36N4O4S. The Kier molecular flexibility index (Phi) is 7.44. The zero-order chi connectivity index (χ0) is 25.3. The van der Waals surface area contributed by atoms with Crippen LogP contribution in [-0.2, 0) is 21.2 Å². The van der Waals surface area contributed by atoms with Crippen LogP contribution in [-0.4, -0.2) is 66.2 Å². The Morgan fingerprint density at radius 3 is 2.56 bits per heavy atom. The smallest absolute Gasteiger partial charge is 0.244 e. The van der Waals surface area contributed by atoms with E-state index in [0.29, 0.717) is 37.9 Å². The van der Waals surface area contributed by atoms with E-state index in [2.05, 4.69) is 30.2 Å². The number of morpholine rings is 1. The number of hydrogen-bond donors (Lipinski definition) is 2. The van der Waals surface area contributed by atoms with Crippen molar-refractivity contribution in [1.29, 1.82) is 0 Å². The molecule has 9 heteroatoms. The summed E-state index contributed by atoms with van der Waals surface area (Å²) in [6.07, 6.45) is 10.7. The van der Waals surface area contributed by atoms with Gasteiger partial charge in [-0.3, -0.25) is 9.97 Å². The van der Waals surface area contributed by atoms with Gasteiger partial charge in [0.1, 0.15) is 4.90 Å². The Balaban J connectivity index is 1.49. The molecule has 2 aromatic heterocycles. The second kappa shape index (κ2) is 10.6. The molecule has 8 nitrogen and oxygen atoms in total. The van der Waals surface area contributed by atoms with E-state index in [1.165, 1.54) is 16.1 Å². The highest BCUT2D eigenvalue weighted by Crippen LogP contribution is 2.40. The predicted octanol–water partition coefficient (Wildman–Crippen LogP) is 3.87. The molecule has 194 valence electrons. The average Bonchev–Trinajstić information content (AvgIpc) is 3.35. The molecule has 0 bridgehead atoms. The summed E-state index contributed by atoms with van der Waals surface area (Å²) >= 11 is 0. The summed E-state index contributed by atoms with van der Waals surface area (Å²) in [6, 6.07) is 3.68. The van der Waals surface area contributed by atoms with Gasteiger partial charge in [0.05, 0.1) is 36.4 Å². The van der Waals surface area contributed by atoms with Crippen LogP contribution in [0.5, 0.6) is 0 Å². The van der Waals surface area contributed by atoms with Crippen LogP contribution in [0.1, 0.15) is 57.2 Å². The highest BCUT2D eigenvalue weighted by atomic mass is 32.2. The van der Waals surface area contributed by atoms with Crippen LogP contribution in [0.3, 0.4) is 0 Å². The monoisotopic (exact) mass is 512 g/mol. The molecule has 3 aliphatic rings. The van der Waals surface area contributed by atoms with Crippen molar-refractivity contribution in [3.05, 3.63) is 41.4 Å². The summed E-state index contributed by atoms with van der Waals surface area (Å²) in [4.78, 5) is 9.59. The van der Waals surface area contributed by atoms with Gasteiger partial charge < -0.3 is 15.2 Å². The molecule has 0 radical (unpaired) electrons. The summed E-state index contributed by atoms with van der Waals surface area (Å²) in [5, 5.41) is 13.7. The molecule has 1 aliphatic heterocycles. The van der Waals surface area contributed by atoms with Gasteiger partial charge in [-0.05, 0) is 50.2 Å². The molecule has 2 N–H and O–H groups in total. The Hall–Kier alpha value is -2.33. The molecule has 3 heterocycles. The standard InChI is InChI=1S/C27H36N4O4S/c1-3-18(2)19-14-23-26(15-19)29-17-24(27(23)30-20-4-6-21(32)7-5-20)25-9-8-22(16-28-25)36(33,34)31-10-12-35-13-11-31/h8-9,14,16-18,20-21,32H,3-7,10-13,15H2,1-2H3,(H,29,30). The summed E-state index contributed by atoms with van der Waals surface area (Å²) < 4.78 is 32.9. The number of nitrogens with zero attached hydrogens (tertiary/aromatic N) is 3. The van der Waals surface area contributed by atoms with Gasteiger partial charge in [-0.15, -0.1) is 0 Å². The molecule has 1 saturated heterocycles. The molecule has 1 unspecified atom stereocenters. The number of fused-ring (bicyclic) bond motifs is 1. The van der Waals surface area contributed by atoms with Crippen LogP contribution in [0, 0.1) is 5.92 Å². The van der Waals surface area contributed by atoms with Crippen molar-refractivity contribution in [2.24, 2.45) is 5.92 Å². The Labute approximate surface area is 213 Å². The first-order chi connectivity index (χ1) is 17.4. The van der Waals surface area contributed by atoms with E-state index < -0.39 is 10.0 Å². The van der Waals surface area contributed by atoms with E-state index in [-0.39, 0.29) is 17.0 Å². The van der Waals surface area contributed by atoms with Crippen molar-refractivity contribution in [2.45, 2.75) is 69.4 Å². The average molecular weight is 513 g/mol. The summed E-state index contributed by atoms with van der Waals surface area (Å²) in [6.45, 7) is 5.98. The number of ether oxygens (including phenoxy) is 1. The van der Waals surface area contributed by atoms with Crippen LogP contribution in [0.15, 0.2) is 35.0 Å². The molecule has 0 spiro atoms. The van der Waals surface area contributed by atoms with Crippen LogP contribution in [0.2, 0.25) is 0 Å². The van der Waals surface area contributed by atoms with Crippen LogP contribution >= 0.6 is 0 Å². The van der Waals surface area contributed by atoms with Crippen LogP contribution in [0.4, 0.5) is 5.69 Å². The van der Waals surface area contributed by atoms with Gasteiger partial charge >= 0.3 is 0 Å². The Morgan fingerprint density at radius 2 is 1.89 bits per heavy atom. The highest BCUT2D eigenvalue weighted by molar-refractivity contribution is 7.89. The predicted molar refractivity (Wildman–Crippen MR) is 140 cm³/mol. The molecular weight excluding hydrogens is 476 g/mol. The van der Waals surface area contributed by atoms with Gasteiger partial charge in [0.15, 0.2) is 0 Å². The lowest BCUT2D eigenvalue weighted by molar-refractivity contribution is 0.0730. The van der Waals surface area contributed by atoms with E-state index in [4.69, 9.17) is 9.72 Å². The first-order valence-corrected chi connectivity index (χ1v) is 14.5. The fourth-order valence-electron chi connectivity index (χ4n) is 5.27. The third-order valence-corrected chi connectivity index (χ3v) is 9.69. The molecule has 2 aromatic rings. The van der Waals surface area contributed by atoms with Crippen molar-refractivity contribution in [3.63, 3.8) is 0 Å². The van der Waals surface area contributed by atoms with E-state index >= 15 is 0 Å². The van der Waals surface area contributed by atoms with Crippen molar-refractivity contribution in [1.82, 2.24) is 14.3 Å². The molecule has 2 fully saturated rings. The number of nitrogens with one attached hydrogen (secondary N) is 1. The van der Waals surface area contributed by atoms with Crippen molar-refractivity contribution < 1.29 is 18.3 Å². The maximum absolute atomic E-state index is 13.1.